The van der Waals surface area contributed by atoms with Crippen molar-refractivity contribution in [2.45, 2.75) is 0 Å². The summed E-state index contributed by atoms with van der Waals surface area (Å²) in [4.78, 5) is 6.48. The van der Waals surface area contributed by atoms with Crippen LogP contribution < -0.4 is 0 Å². The van der Waals surface area contributed by atoms with Crippen LogP contribution in [-0.4, -0.2) is 30.7 Å². The minimum Gasteiger partial charge on any atom is -0.375 e. The molecule has 0 amide bonds. The van der Waals surface area contributed by atoms with Gasteiger partial charge in [0, 0.05) is 7.05 Å². The maximum Gasteiger partial charge on any atom is 0.0615 e. The average molecular weight is 134 g/mol. The molecule has 0 aliphatic carbocycles. The first kappa shape index (κ1) is 5.71. The van der Waals surface area contributed by atoms with Gasteiger partial charge >= 0.3 is 0 Å². The van der Waals surface area contributed by atoms with Crippen molar-refractivity contribution in [3.63, 3.8) is 0 Å². The number of rotatable bonds is 0. The Hall–Kier alpha value is -1.05. The van der Waals surface area contributed by atoms with E-state index in [4.69, 9.17) is 0 Å². The molecule has 0 aromatic rings. The maximum atomic E-state index is 4.34. The Morgan fingerprint density at radius 3 is 3.40 bits per heavy atom. The molecule has 2 heterocycles. The Morgan fingerprint density at radius 1 is 1.60 bits per heavy atom. The predicted octanol–water partition coefficient (Wildman–Crippen LogP) is 0.827. The van der Waals surface area contributed by atoms with Crippen molar-refractivity contribution < 1.29 is 0 Å². The lowest BCUT2D eigenvalue weighted by Crippen LogP contribution is -2.24. The normalized spacial score (nSPS) is 22.3. The molecule has 0 bridgehead atoms. The summed E-state index contributed by atoms with van der Waals surface area (Å²) in [6.07, 6.45) is 6.38. The zero-order chi connectivity index (χ0) is 6.97. The van der Waals surface area contributed by atoms with Crippen LogP contribution in [-0.2, 0) is 0 Å². The highest BCUT2D eigenvalue weighted by Crippen LogP contribution is 2.13. The SMILES string of the molecule is CN1C=CC2=CCN=C2C1. The molecule has 10 heavy (non-hydrogen) atoms. The van der Waals surface area contributed by atoms with Gasteiger partial charge in [0.1, 0.15) is 0 Å². The van der Waals surface area contributed by atoms with E-state index in [0.29, 0.717) is 0 Å². The monoisotopic (exact) mass is 134 g/mol. The molecule has 0 fully saturated rings. The first-order valence-electron chi connectivity index (χ1n) is 3.48. The predicted molar refractivity (Wildman–Crippen MR) is 42.2 cm³/mol. The summed E-state index contributed by atoms with van der Waals surface area (Å²) in [6.45, 7) is 1.85. The number of allylic oxidation sites excluding steroid dienone is 1. The molecule has 0 aromatic carbocycles. The average Bonchev–Trinajstić information content (AvgIpc) is 2.33. The third-order valence-corrected chi connectivity index (χ3v) is 1.83. The molecule has 2 nitrogen and oxygen atoms in total. The minimum atomic E-state index is 0.878. The Labute approximate surface area is 60.6 Å². The zero-order valence-electron chi connectivity index (χ0n) is 6.04. The molecule has 52 valence electrons. The second-order valence-corrected chi connectivity index (χ2v) is 2.68. The molecule has 2 aliphatic rings. The van der Waals surface area contributed by atoms with Crippen LogP contribution in [0.4, 0.5) is 0 Å². The van der Waals surface area contributed by atoms with Crippen LogP contribution in [0.5, 0.6) is 0 Å². The van der Waals surface area contributed by atoms with Gasteiger partial charge in [0.25, 0.3) is 0 Å². The highest BCUT2D eigenvalue weighted by Gasteiger charge is 2.13. The quantitative estimate of drug-likeness (QED) is 0.479. The lowest BCUT2D eigenvalue weighted by atomic mass is 10.1. The van der Waals surface area contributed by atoms with E-state index in [-0.39, 0.29) is 0 Å². The third kappa shape index (κ3) is 0.764. The van der Waals surface area contributed by atoms with E-state index in [1.165, 1.54) is 11.3 Å². The van der Waals surface area contributed by atoms with Gasteiger partial charge < -0.3 is 4.90 Å². The largest absolute Gasteiger partial charge is 0.375 e. The lowest BCUT2D eigenvalue weighted by molar-refractivity contribution is 0.519. The standard InChI is InChI=1S/C8H10N2/c1-10-5-3-7-2-4-9-8(7)6-10/h2-3,5H,4,6H2,1H3. The molecule has 0 N–H and O–H groups in total. The molecule has 2 aliphatic heterocycles. The van der Waals surface area contributed by atoms with Gasteiger partial charge in [-0.2, -0.15) is 0 Å². The van der Waals surface area contributed by atoms with Crippen LogP contribution in [0.2, 0.25) is 0 Å². The van der Waals surface area contributed by atoms with Crippen LogP contribution in [0.15, 0.2) is 28.9 Å². The molecular weight excluding hydrogens is 124 g/mol. The molecule has 0 aromatic heterocycles. The highest BCUT2D eigenvalue weighted by atomic mass is 15.1. The van der Waals surface area contributed by atoms with Crippen molar-refractivity contribution in [1.82, 2.24) is 4.90 Å². The molecule has 2 rings (SSSR count). The summed E-state index contributed by atoms with van der Waals surface area (Å²) in [5, 5.41) is 0. The van der Waals surface area contributed by atoms with Gasteiger partial charge in [0.05, 0.1) is 18.8 Å². The van der Waals surface area contributed by atoms with E-state index < -0.39 is 0 Å². The van der Waals surface area contributed by atoms with Crippen molar-refractivity contribution in [2.24, 2.45) is 4.99 Å². The van der Waals surface area contributed by atoms with Crippen molar-refractivity contribution >= 4 is 5.71 Å². The number of nitrogens with zero attached hydrogens (tertiary/aromatic N) is 2. The van der Waals surface area contributed by atoms with Crippen molar-refractivity contribution in [3.05, 3.63) is 23.9 Å². The molecule has 0 radical (unpaired) electrons. The number of hydrogen-bond donors (Lipinski definition) is 0. The van der Waals surface area contributed by atoms with Crippen LogP contribution in [0, 0.1) is 0 Å². The Morgan fingerprint density at radius 2 is 2.50 bits per heavy atom. The van der Waals surface area contributed by atoms with Crippen molar-refractivity contribution in [1.29, 1.82) is 0 Å². The first-order valence-corrected chi connectivity index (χ1v) is 3.48. The lowest BCUT2D eigenvalue weighted by Gasteiger charge is -2.19. The molecule has 0 saturated heterocycles. The first-order chi connectivity index (χ1) is 4.86. The number of aliphatic imine (C=N–C) groups is 1. The van der Waals surface area contributed by atoms with Gasteiger partial charge in [-0.3, -0.25) is 4.99 Å². The maximum absolute atomic E-state index is 4.34. The second-order valence-electron chi connectivity index (χ2n) is 2.68. The molecule has 0 atom stereocenters. The molecule has 2 heteroatoms. The van der Waals surface area contributed by atoms with Gasteiger partial charge in [-0.25, -0.2) is 0 Å². The van der Waals surface area contributed by atoms with Gasteiger partial charge in [0.2, 0.25) is 0 Å². The minimum absolute atomic E-state index is 0.878. The second kappa shape index (κ2) is 1.97. The van der Waals surface area contributed by atoms with Crippen molar-refractivity contribution in [3.8, 4) is 0 Å². The van der Waals surface area contributed by atoms with E-state index in [0.717, 1.165) is 13.1 Å². The molecular formula is C8H10N2. The van der Waals surface area contributed by atoms with Crippen LogP contribution in [0.3, 0.4) is 0 Å². The fourth-order valence-corrected chi connectivity index (χ4v) is 1.27. The fraction of sp³-hybridized carbons (Fsp3) is 0.375. The van der Waals surface area contributed by atoms with E-state index in [1.54, 1.807) is 0 Å². The van der Waals surface area contributed by atoms with E-state index in [1.807, 2.05) is 0 Å². The zero-order valence-corrected chi connectivity index (χ0v) is 6.04. The smallest absolute Gasteiger partial charge is 0.0615 e. The van der Waals surface area contributed by atoms with E-state index in [9.17, 15) is 0 Å². The third-order valence-electron chi connectivity index (χ3n) is 1.83. The van der Waals surface area contributed by atoms with Gasteiger partial charge in [-0.05, 0) is 17.8 Å². The number of hydrogen-bond acceptors (Lipinski definition) is 2. The Bertz CT molecular complexity index is 236. The highest BCUT2D eigenvalue weighted by molar-refractivity contribution is 6.06. The Kier molecular flexibility index (Phi) is 1.13. The Balaban J connectivity index is 2.33. The molecule has 0 unspecified atom stereocenters. The summed E-state index contributed by atoms with van der Waals surface area (Å²) in [5.74, 6) is 0. The fourth-order valence-electron chi connectivity index (χ4n) is 1.27. The summed E-state index contributed by atoms with van der Waals surface area (Å²) in [7, 11) is 2.06. The summed E-state index contributed by atoms with van der Waals surface area (Å²) >= 11 is 0. The summed E-state index contributed by atoms with van der Waals surface area (Å²) in [6, 6.07) is 0. The molecule has 0 spiro atoms. The van der Waals surface area contributed by atoms with E-state index >= 15 is 0 Å². The van der Waals surface area contributed by atoms with Gasteiger partial charge in [0.15, 0.2) is 0 Å². The van der Waals surface area contributed by atoms with Gasteiger partial charge in [-0.15, -0.1) is 0 Å². The topological polar surface area (TPSA) is 15.6 Å². The number of fused-ring (bicyclic) bond motifs is 1. The summed E-state index contributed by atoms with van der Waals surface area (Å²) < 4.78 is 0. The van der Waals surface area contributed by atoms with Gasteiger partial charge in [-0.1, -0.05) is 6.08 Å². The van der Waals surface area contributed by atoms with Crippen molar-refractivity contribution in [2.75, 3.05) is 20.1 Å². The molecule has 0 saturated carbocycles. The van der Waals surface area contributed by atoms with Crippen LogP contribution >= 0.6 is 0 Å². The van der Waals surface area contributed by atoms with E-state index in [2.05, 4.69) is 35.3 Å². The summed E-state index contributed by atoms with van der Waals surface area (Å²) in [5.41, 5.74) is 2.56. The van der Waals surface area contributed by atoms with Crippen LogP contribution in [0.25, 0.3) is 0 Å². The van der Waals surface area contributed by atoms with Crippen LogP contribution in [0.1, 0.15) is 0 Å².